The number of hydrazine groups is 1. The first-order chi connectivity index (χ1) is 14.4. The second-order valence-corrected chi connectivity index (χ2v) is 7.89. The molecule has 2 amide bonds. The number of amides is 2. The van der Waals surface area contributed by atoms with Crippen LogP contribution in [-0.2, 0) is 14.3 Å². The Morgan fingerprint density at radius 1 is 1.37 bits per heavy atom. The zero-order chi connectivity index (χ0) is 21.7. The number of nitrogens with zero attached hydrogens (tertiary/aromatic N) is 6. The second kappa shape index (κ2) is 10.0. The van der Waals surface area contributed by atoms with Crippen LogP contribution >= 0.6 is 11.8 Å². The number of carbonyl (C=O) groups is 2. The van der Waals surface area contributed by atoms with Gasteiger partial charge in [-0.25, -0.2) is 9.99 Å². The molecule has 0 spiro atoms. The van der Waals surface area contributed by atoms with E-state index < -0.39 is 0 Å². The number of rotatable bonds is 8. The predicted octanol–water partition coefficient (Wildman–Crippen LogP) is 0.134. The Morgan fingerprint density at radius 2 is 2.17 bits per heavy atom. The fourth-order valence-corrected chi connectivity index (χ4v) is 3.37. The molecule has 12 heteroatoms. The van der Waals surface area contributed by atoms with Crippen molar-refractivity contribution in [2.45, 2.75) is 31.0 Å². The van der Waals surface area contributed by atoms with E-state index in [0.717, 1.165) is 5.69 Å². The molecule has 0 radical (unpaired) electrons. The van der Waals surface area contributed by atoms with Gasteiger partial charge >= 0.3 is 0 Å². The summed E-state index contributed by atoms with van der Waals surface area (Å²) in [5.74, 6) is 0.751. The van der Waals surface area contributed by atoms with Crippen molar-refractivity contribution in [3.8, 4) is 5.88 Å². The topological polar surface area (TPSA) is 114 Å². The van der Waals surface area contributed by atoms with Gasteiger partial charge < -0.3 is 14.4 Å². The fourth-order valence-electron chi connectivity index (χ4n) is 3.03. The summed E-state index contributed by atoms with van der Waals surface area (Å²) in [5.41, 5.74) is 3.41. The lowest BCUT2D eigenvalue weighted by atomic mass is 10.2. The van der Waals surface area contributed by atoms with E-state index >= 15 is 0 Å². The molecule has 0 saturated carbocycles. The molecule has 1 aliphatic heterocycles. The number of carbonyl (C=O) groups excluding carboxylic acids is 2. The van der Waals surface area contributed by atoms with Gasteiger partial charge in [-0.2, -0.15) is 9.50 Å². The molecule has 1 atom stereocenters. The Kier molecular flexibility index (Phi) is 7.45. The van der Waals surface area contributed by atoms with Gasteiger partial charge in [0.2, 0.25) is 22.9 Å². The summed E-state index contributed by atoms with van der Waals surface area (Å²) in [6.07, 6.45) is 1.93. The monoisotopic (exact) mass is 437 g/mol. The van der Waals surface area contributed by atoms with Gasteiger partial charge in [-0.05, 0) is 13.2 Å². The van der Waals surface area contributed by atoms with Gasteiger partial charge in [0.05, 0.1) is 13.2 Å². The maximum atomic E-state index is 12.5. The molecule has 30 heavy (non-hydrogen) atoms. The number of aromatic nitrogens is 4. The lowest BCUT2D eigenvalue weighted by Crippen LogP contribution is -2.48. The molecule has 2 aromatic rings. The van der Waals surface area contributed by atoms with Crippen molar-refractivity contribution in [1.29, 1.82) is 0 Å². The van der Waals surface area contributed by atoms with Crippen LogP contribution < -0.4 is 10.2 Å². The van der Waals surface area contributed by atoms with E-state index in [0.29, 0.717) is 36.5 Å². The van der Waals surface area contributed by atoms with E-state index in [1.807, 2.05) is 13.2 Å². The third-order valence-corrected chi connectivity index (χ3v) is 4.93. The van der Waals surface area contributed by atoms with Crippen molar-refractivity contribution < 1.29 is 19.1 Å². The quantitative estimate of drug-likeness (QED) is 0.455. The number of ether oxygens (including phenoxy) is 2. The van der Waals surface area contributed by atoms with Gasteiger partial charge in [-0.3, -0.25) is 15.0 Å². The summed E-state index contributed by atoms with van der Waals surface area (Å²) in [7, 11) is 3.46. The van der Waals surface area contributed by atoms with Gasteiger partial charge in [0.25, 0.3) is 5.78 Å². The standard InChI is InChI=1S/C18H27N7O4S/c1-12-9-16(25-17(19-12)20-18(22-25)30-4)29-11-13-10-24(7-8-28-13)15(27)6-5-14(26)21-23(2)3/h9,13H,5-8,10-11H2,1-4H3,(H,21,26). The smallest absolute Gasteiger partial charge is 0.256 e. The number of hydrogen-bond acceptors (Lipinski definition) is 9. The summed E-state index contributed by atoms with van der Waals surface area (Å²) >= 11 is 1.43. The third-order valence-electron chi connectivity index (χ3n) is 4.39. The predicted molar refractivity (Wildman–Crippen MR) is 110 cm³/mol. The minimum Gasteiger partial charge on any atom is -0.475 e. The molecular formula is C18H27N7O4S. The van der Waals surface area contributed by atoms with Crippen molar-refractivity contribution in [3.63, 3.8) is 0 Å². The van der Waals surface area contributed by atoms with E-state index in [1.165, 1.54) is 11.8 Å². The first kappa shape index (κ1) is 22.2. The first-order valence-electron chi connectivity index (χ1n) is 9.63. The van der Waals surface area contributed by atoms with Crippen molar-refractivity contribution >= 4 is 29.4 Å². The highest BCUT2D eigenvalue weighted by atomic mass is 32.2. The fraction of sp³-hybridized carbons (Fsp3) is 0.611. The maximum absolute atomic E-state index is 12.5. The highest BCUT2D eigenvalue weighted by Gasteiger charge is 2.25. The molecule has 11 nitrogen and oxygen atoms in total. The summed E-state index contributed by atoms with van der Waals surface area (Å²) in [4.78, 5) is 34.6. The zero-order valence-corrected chi connectivity index (χ0v) is 18.4. The van der Waals surface area contributed by atoms with Crippen molar-refractivity contribution in [3.05, 3.63) is 11.8 Å². The SMILES string of the molecule is CSc1nc2nc(C)cc(OCC3CN(C(=O)CCC(=O)NN(C)C)CCO3)n2n1. The van der Waals surface area contributed by atoms with Gasteiger partial charge in [-0.15, -0.1) is 5.10 Å². The Morgan fingerprint density at radius 3 is 2.90 bits per heavy atom. The minimum absolute atomic E-state index is 0.0692. The van der Waals surface area contributed by atoms with Gasteiger partial charge in [0, 0.05) is 45.2 Å². The molecule has 1 N–H and O–H groups in total. The van der Waals surface area contributed by atoms with Crippen molar-refractivity contribution in [2.75, 3.05) is 46.7 Å². The molecule has 3 heterocycles. The molecular weight excluding hydrogens is 410 g/mol. The van der Waals surface area contributed by atoms with Crippen LogP contribution in [0.5, 0.6) is 5.88 Å². The number of fused-ring (bicyclic) bond motifs is 1. The Balaban J connectivity index is 1.55. The van der Waals surface area contributed by atoms with E-state index in [4.69, 9.17) is 9.47 Å². The van der Waals surface area contributed by atoms with E-state index in [2.05, 4.69) is 20.5 Å². The van der Waals surface area contributed by atoms with Gasteiger partial charge in [0.15, 0.2) is 0 Å². The van der Waals surface area contributed by atoms with Crippen LogP contribution in [-0.4, -0.2) is 94.1 Å². The zero-order valence-electron chi connectivity index (χ0n) is 17.6. The average Bonchev–Trinajstić information content (AvgIpc) is 3.13. The number of aryl methyl sites for hydroxylation is 1. The van der Waals surface area contributed by atoms with Crippen LogP contribution in [0.1, 0.15) is 18.5 Å². The van der Waals surface area contributed by atoms with Crippen molar-refractivity contribution in [1.82, 2.24) is 34.9 Å². The van der Waals surface area contributed by atoms with Crippen LogP contribution in [0, 0.1) is 6.92 Å². The van der Waals surface area contributed by atoms with E-state index in [1.54, 1.807) is 34.6 Å². The molecule has 1 saturated heterocycles. The largest absolute Gasteiger partial charge is 0.475 e. The second-order valence-electron chi connectivity index (χ2n) is 7.12. The highest BCUT2D eigenvalue weighted by molar-refractivity contribution is 7.98. The summed E-state index contributed by atoms with van der Waals surface area (Å²) in [6, 6.07) is 1.79. The van der Waals surface area contributed by atoms with Gasteiger partial charge in [0.1, 0.15) is 12.7 Å². The summed E-state index contributed by atoms with van der Waals surface area (Å²) in [6.45, 7) is 3.47. The highest BCUT2D eigenvalue weighted by Crippen LogP contribution is 2.18. The molecule has 0 aliphatic carbocycles. The molecule has 1 fully saturated rings. The van der Waals surface area contributed by atoms with Crippen LogP contribution in [0.15, 0.2) is 11.2 Å². The van der Waals surface area contributed by atoms with Gasteiger partial charge in [-0.1, -0.05) is 11.8 Å². The van der Waals surface area contributed by atoms with Crippen molar-refractivity contribution in [2.24, 2.45) is 0 Å². The van der Waals surface area contributed by atoms with E-state index in [-0.39, 0.29) is 37.4 Å². The lowest BCUT2D eigenvalue weighted by Gasteiger charge is -2.32. The first-order valence-corrected chi connectivity index (χ1v) is 10.9. The lowest BCUT2D eigenvalue weighted by molar-refractivity contribution is -0.141. The Labute approximate surface area is 179 Å². The average molecular weight is 438 g/mol. The molecule has 0 aromatic carbocycles. The summed E-state index contributed by atoms with van der Waals surface area (Å²) < 4.78 is 13.3. The van der Waals surface area contributed by atoms with Crippen LogP contribution in [0.2, 0.25) is 0 Å². The van der Waals surface area contributed by atoms with Crippen LogP contribution in [0.25, 0.3) is 5.78 Å². The number of nitrogens with one attached hydrogen (secondary N) is 1. The number of hydrogen-bond donors (Lipinski definition) is 1. The maximum Gasteiger partial charge on any atom is 0.256 e. The van der Waals surface area contributed by atoms with Crippen LogP contribution in [0.4, 0.5) is 0 Å². The number of morpholine rings is 1. The third kappa shape index (κ3) is 5.80. The summed E-state index contributed by atoms with van der Waals surface area (Å²) in [5, 5.41) is 6.55. The number of thioether (sulfide) groups is 1. The Hall–Kier alpha value is -2.44. The Bertz CT molecular complexity index is 904. The molecule has 1 aliphatic rings. The normalized spacial score (nSPS) is 16.8. The molecule has 1 unspecified atom stereocenters. The molecule has 3 rings (SSSR count). The van der Waals surface area contributed by atoms with E-state index in [9.17, 15) is 9.59 Å². The minimum atomic E-state index is -0.273. The molecule has 2 aromatic heterocycles. The van der Waals surface area contributed by atoms with Crippen LogP contribution in [0.3, 0.4) is 0 Å². The molecule has 0 bridgehead atoms. The molecule has 164 valence electrons.